The number of aromatic nitrogens is 5. The van der Waals surface area contributed by atoms with Crippen LogP contribution in [0.5, 0.6) is 0 Å². The Bertz CT molecular complexity index is 563. The molecule has 0 spiro atoms. The Balaban J connectivity index is 2.67. The van der Waals surface area contributed by atoms with E-state index in [-0.39, 0.29) is 5.82 Å². The summed E-state index contributed by atoms with van der Waals surface area (Å²) >= 11 is 4.29. The Morgan fingerprint density at radius 2 is 2.18 bits per heavy atom. The lowest BCUT2D eigenvalue weighted by Crippen LogP contribution is -2.33. The van der Waals surface area contributed by atoms with Crippen LogP contribution in [0.2, 0.25) is 0 Å². The van der Waals surface area contributed by atoms with E-state index in [0.717, 1.165) is 5.82 Å². The van der Waals surface area contributed by atoms with Crippen molar-refractivity contribution in [2.75, 3.05) is 11.5 Å². The van der Waals surface area contributed by atoms with Crippen molar-refractivity contribution in [3.05, 3.63) is 6.20 Å². The van der Waals surface area contributed by atoms with Crippen molar-refractivity contribution < 1.29 is 4.68 Å². The molecule has 0 aliphatic carbocycles. The maximum absolute atomic E-state index is 5.82. The summed E-state index contributed by atoms with van der Waals surface area (Å²) in [6.45, 7) is 2.71. The molecule has 2 heterocycles. The predicted molar refractivity (Wildman–Crippen MR) is 66.2 cm³/mol. The van der Waals surface area contributed by atoms with Gasteiger partial charge in [0.05, 0.1) is 12.7 Å². The molecule has 8 heteroatoms. The van der Waals surface area contributed by atoms with Crippen LogP contribution in [0.1, 0.15) is 6.92 Å². The Hall–Kier alpha value is -1.83. The van der Waals surface area contributed by atoms with Gasteiger partial charge < -0.3 is 11.5 Å². The summed E-state index contributed by atoms with van der Waals surface area (Å²) in [7, 11) is 1.80. The van der Waals surface area contributed by atoms with E-state index >= 15 is 0 Å². The van der Waals surface area contributed by atoms with Gasteiger partial charge in [-0.15, -0.1) is 4.68 Å². The predicted octanol–water partition coefficient (Wildman–Crippen LogP) is -0.362. The maximum Gasteiger partial charge on any atom is 0.334 e. The van der Waals surface area contributed by atoms with Crippen LogP contribution in [-0.4, -0.2) is 19.6 Å². The highest BCUT2D eigenvalue weighted by Gasteiger charge is 2.25. The number of thiol groups is 1. The number of hydrogen-bond acceptors (Lipinski definition) is 6. The molecule has 0 radical (unpaired) electrons. The molecule has 0 unspecified atom stereocenters. The molecular weight excluding hydrogens is 238 g/mol. The van der Waals surface area contributed by atoms with Gasteiger partial charge in [0.2, 0.25) is 0 Å². The van der Waals surface area contributed by atoms with Gasteiger partial charge in [-0.25, -0.2) is 9.97 Å². The van der Waals surface area contributed by atoms with E-state index in [0.29, 0.717) is 23.2 Å². The van der Waals surface area contributed by atoms with Gasteiger partial charge in [-0.1, -0.05) is 12.6 Å². The Morgan fingerprint density at radius 1 is 1.47 bits per heavy atom. The first-order valence-electron chi connectivity index (χ1n) is 5.08. The van der Waals surface area contributed by atoms with Crippen molar-refractivity contribution in [1.29, 1.82) is 0 Å². The number of nitrogens with zero attached hydrogens (tertiary/aromatic N) is 5. The van der Waals surface area contributed by atoms with Crippen LogP contribution in [0.3, 0.4) is 0 Å². The average molecular weight is 252 g/mol. The Morgan fingerprint density at radius 3 is 2.76 bits per heavy atom. The minimum Gasteiger partial charge on any atom is -0.382 e. The summed E-state index contributed by atoms with van der Waals surface area (Å²) in [5.74, 6) is 1.33. The number of nitrogens with two attached hydrogens (primary N) is 2. The SMILES string of the molecule is CCn1c(S)n[n+](C)c1-c1ncc(N)nc1N. The number of hydrogen-bond donors (Lipinski definition) is 3. The second-order valence-electron chi connectivity index (χ2n) is 3.52. The number of rotatable bonds is 2. The summed E-state index contributed by atoms with van der Waals surface area (Å²) < 4.78 is 3.56. The van der Waals surface area contributed by atoms with Gasteiger partial charge in [-0.2, -0.15) is 4.57 Å². The quantitative estimate of drug-likeness (QED) is 0.500. The Labute approximate surface area is 104 Å². The van der Waals surface area contributed by atoms with Crippen LogP contribution in [0.15, 0.2) is 11.4 Å². The smallest absolute Gasteiger partial charge is 0.334 e. The molecule has 0 aromatic carbocycles. The largest absolute Gasteiger partial charge is 0.382 e. The highest BCUT2D eigenvalue weighted by atomic mass is 32.1. The molecule has 17 heavy (non-hydrogen) atoms. The van der Waals surface area contributed by atoms with E-state index in [2.05, 4.69) is 27.7 Å². The fourth-order valence-electron chi connectivity index (χ4n) is 1.67. The van der Waals surface area contributed by atoms with Crippen molar-refractivity contribution in [3.8, 4) is 11.5 Å². The maximum atomic E-state index is 5.82. The summed E-state index contributed by atoms with van der Waals surface area (Å²) in [5, 5.41) is 4.81. The minimum absolute atomic E-state index is 0.281. The van der Waals surface area contributed by atoms with Crippen molar-refractivity contribution in [1.82, 2.24) is 19.6 Å². The lowest BCUT2D eigenvalue weighted by molar-refractivity contribution is -0.720. The van der Waals surface area contributed by atoms with E-state index in [9.17, 15) is 0 Å². The lowest BCUT2D eigenvalue weighted by Gasteiger charge is -2.02. The third-order valence-electron chi connectivity index (χ3n) is 2.39. The van der Waals surface area contributed by atoms with Crippen LogP contribution in [-0.2, 0) is 13.6 Å². The molecule has 0 bridgehead atoms. The van der Waals surface area contributed by atoms with Gasteiger partial charge in [0.15, 0.2) is 11.5 Å². The highest BCUT2D eigenvalue weighted by molar-refractivity contribution is 7.80. The van der Waals surface area contributed by atoms with Gasteiger partial charge in [-0.3, -0.25) is 0 Å². The van der Waals surface area contributed by atoms with Gasteiger partial charge in [-0.05, 0) is 12.0 Å². The van der Waals surface area contributed by atoms with Crippen LogP contribution in [0.25, 0.3) is 11.5 Å². The average Bonchev–Trinajstić information content (AvgIpc) is 2.53. The molecule has 90 valence electrons. The van der Waals surface area contributed by atoms with E-state index in [4.69, 9.17) is 11.5 Å². The second-order valence-corrected chi connectivity index (χ2v) is 3.92. The number of nitrogen functional groups attached to an aromatic ring is 2. The van der Waals surface area contributed by atoms with Gasteiger partial charge in [0.1, 0.15) is 12.9 Å². The standard InChI is InChI=1S/C9H13N7S/c1-3-16-8(15(2)14-9(16)17)6-7(11)13-5(10)4-12-6/h4H,3H2,1-2H3,(H4,10,11,13,14,17)/p+1. The monoisotopic (exact) mass is 252 g/mol. The van der Waals surface area contributed by atoms with Crippen LogP contribution >= 0.6 is 12.6 Å². The fraction of sp³-hybridized carbons (Fsp3) is 0.333. The van der Waals surface area contributed by atoms with Crippen molar-refractivity contribution in [2.45, 2.75) is 18.6 Å². The zero-order valence-electron chi connectivity index (χ0n) is 9.62. The zero-order valence-corrected chi connectivity index (χ0v) is 10.5. The topological polar surface area (TPSA) is 99.5 Å². The van der Waals surface area contributed by atoms with Gasteiger partial charge >= 0.3 is 5.82 Å². The van der Waals surface area contributed by atoms with Crippen molar-refractivity contribution in [2.24, 2.45) is 7.05 Å². The minimum atomic E-state index is 0.281. The second kappa shape index (κ2) is 4.21. The first kappa shape index (κ1) is 11.6. The van der Waals surface area contributed by atoms with Crippen LogP contribution < -0.4 is 16.1 Å². The summed E-state index contributed by atoms with van der Waals surface area (Å²) in [5.41, 5.74) is 11.9. The van der Waals surface area contributed by atoms with E-state index in [1.807, 2.05) is 11.5 Å². The molecule has 0 saturated carbocycles. The molecule has 2 aromatic heterocycles. The molecule has 0 saturated heterocycles. The first-order chi connectivity index (χ1) is 8.04. The molecule has 0 aliphatic heterocycles. The zero-order chi connectivity index (χ0) is 12.6. The van der Waals surface area contributed by atoms with Crippen molar-refractivity contribution in [3.63, 3.8) is 0 Å². The van der Waals surface area contributed by atoms with Gasteiger partial charge in [0.25, 0.3) is 5.16 Å². The van der Waals surface area contributed by atoms with E-state index in [1.54, 1.807) is 11.7 Å². The molecule has 0 atom stereocenters. The summed E-state index contributed by atoms with van der Waals surface area (Å²) in [4.78, 5) is 8.19. The normalized spacial score (nSPS) is 10.8. The molecule has 2 rings (SSSR count). The fourth-order valence-corrected chi connectivity index (χ4v) is 2.04. The highest BCUT2D eigenvalue weighted by Crippen LogP contribution is 2.21. The molecule has 7 nitrogen and oxygen atoms in total. The molecule has 0 aliphatic rings. The molecule has 0 fully saturated rings. The summed E-state index contributed by atoms with van der Waals surface area (Å²) in [6.07, 6.45) is 1.47. The number of aryl methyl sites for hydroxylation is 1. The molecular formula is C9H14N7S+. The van der Waals surface area contributed by atoms with E-state index in [1.165, 1.54) is 6.20 Å². The third-order valence-corrected chi connectivity index (χ3v) is 2.72. The van der Waals surface area contributed by atoms with E-state index < -0.39 is 0 Å². The molecule has 0 amide bonds. The van der Waals surface area contributed by atoms with Crippen molar-refractivity contribution >= 4 is 24.3 Å². The van der Waals surface area contributed by atoms with Gasteiger partial charge in [0, 0.05) is 0 Å². The molecule has 4 N–H and O–H groups in total. The van der Waals surface area contributed by atoms with Crippen LogP contribution in [0, 0.1) is 0 Å². The van der Waals surface area contributed by atoms with Crippen LogP contribution in [0.4, 0.5) is 11.6 Å². The first-order valence-corrected chi connectivity index (χ1v) is 5.53. The number of anilines is 2. The third kappa shape index (κ3) is 1.91. The summed E-state index contributed by atoms with van der Waals surface area (Å²) in [6, 6.07) is 0. The Kier molecular flexibility index (Phi) is 2.88. The lowest BCUT2D eigenvalue weighted by atomic mass is 10.3. The molecule has 2 aromatic rings.